The van der Waals surface area contributed by atoms with Crippen LogP contribution < -0.4 is 4.90 Å². The molecule has 0 unspecified atom stereocenters. The molecule has 0 aliphatic carbocycles. The van der Waals surface area contributed by atoms with Gasteiger partial charge in [0.25, 0.3) is 0 Å². The monoisotopic (exact) mass is 358 g/mol. The van der Waals surface area contributed by atoms with E-state index in [4.69, 9.17) is 9.73 Å². The third-order valence-corrected chi connectivity index (χ3v) is 4.86. The fraction of sp³-hybridized carbons (Fsp3) is 0.250. The van der Waals surface area contributed by atoms with Gasteiger partial charge in [0.15, 0.2) is 0 Å². The molecule has 4 heterocycles. The number of fused-ring (bicyclic) bond motifs is 1. The number of morpholine rings is 1. The van der Waals surface area contributed by atoms with Gasteiger partial charge in [-0.25, -0.2) is 9.97 Å². The molecular formula is C20H18N6O. The molecule has 0 atom stereocenters. The van der Waals surface area contributed by atoms with Crippen LogP contribution >= 0.6 is 0 Å². The molecule has 0 N–H and O–H groups in total. The first kappa shape index (κ1) is 16.0. The molecule has 0 radical (unpaired) electrons. The zero-order chi connectivity index (χ0) is 18.1. The lowest BCUT2D eigenvalue weighted by molar-refractivity contribution is 0.122. The Hall–Kier alpha value is -3.19. The van der Waals surface area contributed by atoms with Crippen LogP contribution in [0.2, 0.25) is 0 Å². The molecule has 2 aliphatic rings. The first-order chi connectivity index (χ1) is 13.4. The SMILES string of the molecule is c1cnc(-c2ccc3c(c2)C(c2cc(N4CCOCC4)ncn2)=NC3)cn1. The fourth-order valence-electron chi connectivity index (χ4n) is 3.45. The highest BCUT2D eigenvalue weighted by Gasteiger charge is 2.21. The summed E-state index contributed by atoms with van der Waals surface area (Å²) in [6, 6.07) is 8.33. The van der Waals surface area contributed by atoms with E-state index in [-0.39, 0.29) is 0 Å². The minimum Gasteiger partial charge on any atom is -0.378 e. The van der Waals surface area contributed by atoms with E-state index in [1.165, 1.54) is 5.56 Å². The van der Waals surface area contributed by atoms with Crippen molar-refractivity contribution in [3.05, 3.63) is 66.0 Å². The Balaban J connectivity index is 1.50. The largest absolute Gasteiger partial charge is 0.378 e. The van der Waals surface area contributed by atoms with Gasteiger partial charge in [0, 0.05) is 42.7 Å². The highest BCUT2D eigenvalue weighted by Crippen LogP contribution is 2.28. The molecule has 3 aromatic rings. The maximum atomic E-state index is 5.43. The second-order valence-electron chi connectivity index (χ2n) is 6.49. The average molecular weight is 358 g/mol. The summed E-state index contributed by atoms with van der Waals surface area (Å²) in [5, 5.41) is 0. The van der Waals surface area contributed by atoms with Crippen molar-refractivity contribution in [3.8, 4) is 11.3 Å². The lowest BCUT2D eigenvalue weighted by Crippen LogP contribution is -2.36. The van der Waals surface area contributed by atoms with Gasteiger partial charge >= 0.3 is 0 Å². The van der Waals surface area contributed by atoms with E-state index >= 15 is 0 Å². The van der Waals surface area contributed by atoms with Crippen LogP contribution in [0.4, 0.5) is 5.82 Å². The molecule has 0 amide bonds. The van der Waals surface area contributed by atoms with E-state index in [2.05, 4.69) is 43.0 Å². The quantitative estimate of drug-likeness (QED) is 0.714. The molecular weight excluding hydrogens is 340 g/mol. The fourth-order valence-corrected chi connectivity index (χ4v) is 3.45. The Morgan fingerprint density at radius 2 is 1.85 bits per heavy atom. The van der Waals surface area contributed by atoms with Gasteiger partial charge in [0.1, 0.15) is 12.1 Å². The van der Waals surface area contributed by atoms with Crippen molar-refractivity contribution in [1.82, 2.24) is 19.9 Å². The molecule has 7 heteroatoms. The van der Waals surface area contributed by atoms with Gasteiger partial charge in [0.2, 0.25) is 0 Å². The van der Waals surface area contributed by atoms with Gasteiger partial charge in [0.05, 0.1) is 43.1 Å². The predicted octanol–water partition coefficient (Wildman–Crippen LogP) is 2.12. The molecule has 2 aromatic heterocycles. The topological polar surface area (TPSA) is 76.4 Å². The van der Waals surface area contributed by atoms with Gasteiger partial charge < -0.3 is 9.64 Å². The first-order valence-corrected chi connectivity index (χ1v) is 8.98. The Morgan fingerprint density at radius 1 is 0.926 bits per heavy atom. The Bertz CT molecular complexity index is 998. The van der Waals surface area contributed by atoms with Crippen LogP contribution in [0.3, 0.4) is 0 Å². The summed E-state index contributed by atoms with van der Waals surface area (Å²) >= 11 is 0. The molecule has 1 fully saturated rings. The van der Waals surface area contributed by atoms with Crippen molar-refractivity contribution >= 4 is 11.5 Å². The minimum atomic E-state index is 0.669. The highest BCUT2D eigenvalue weighted by molar-refractivity contribution is 6.14. The minimum absolute atomic E-state index is 0.669. The molecule has 1 saturated heterocycles. The molecule has 7 nitrogen and oxygen atoms in total. The van der Waals surface area contributed by atoms with Gasteiger partial charge in [-0.1, -0.05) is 12.1 Å². The maximum Gasteiger partial charge on any atom is 0.132 e. The smallest absolute Gasteiger partial charge is 0.132 e. The van der Waals surface area contributed by atoms with E-state index in [0.717, 1.165) is 60.3 Å². The van der Waals surface area contributed by atoms with E-state index in [1.54, 1.807) is 24.9 Å². The number of rotatable bonds is 3. The van der Waals surface area contributed by atoms with Crippen LogP contribution in [0.1, 0.15) is 16.8 Å². The zero-order valence-electron chi connectivity index (χ0n) is 14.7. The molecule has 134 valence electrons. The van der Waals surface area contributed by atoms with E-state index < -0.39 is 0 Å². The van der Waals surface area contributed by atoms with Crippen molar-refractivity contribution in [1.29, 1.82) is 0 Å². The third kappa shape index (κ3) is 3.06. The average Bonchev–Trinajstić information content (AvgIpc) is 3.18. The molecule has 0 saturated carbocycles. The van der Waals surface area contributed by atoms with Crippen LogP contribution in [0, 0.1) is 0 Å². The van der Waals surface area contributed by atoms with Crippen LogP contribution in [-0.2, 0) is 11.3 Å². The normalized spacial score (nSPS) is 16.1. The van der Waals surface area contributed by atoms with Crippen molar-refractivity contribution in [2.75, 3.05) is 31.2 Å². The van der Waals surface area contributed by atoms with Crippen LogP contribution in [0.25, 0.3) is 11.3 Å². The summed E-state index contributed by atoms with van der Waals surface area (Å²) in [4.78, 5) is 24.5. The summed E-state index contributed by atoms with van der Waals surface area (Å²) in [5.74, 6) is 0.921. The molecule has 5 rings (SSSR count). The lowest BCUT2D eigenvalue weighted by atomic mass is 9.99. The van der Waals surface area contributed by atoms with Crippen LogP contribution in [0.15, 0.2) is 54.2 Å². The van der Waals surface area contributed by atoms with Crippen LogP contribution in [0.5, 0.6) is 0 Å². The summed E-state index contributed by atoms with van der Waals surface area (Å²) in [5.41, 5.74) is 5.94. The molecule has 2 aliphatic heterocycles. The predicted molar refractivity (Wildman–Crippen MR) is 102 cm³/mol. The summed E-state index contributed by atoms with van der Waals surface area (Å²) in [7, 11) is 0. The van der Waals surface area contributed by atoms with Gasteiger partial charge in [-0.2, -0.15) is 0 Å². The van der Waals surface area contributed by atoms with Crippen molar-refractivity contribution in [2.45, 2.75) is 6.54 Å². The van der Waals surface area contributed by atoms with Crippen molar-refractivity contribution < 1.29 is 4.74 Å². The highest BCUT2D eigenvalue weighted by atomic mass is 16.5. The number of ether oxygens (including phenoxy) is 1. The van der Waals surface area contributed by atoms with E-state index in [1.807, 2.05) is 6.07 Å². The van der Waals surface area contributed by atoms with Crippen molar-refractivity contribution in [3.63, 3.8) is 0 Å². The maximum absolute atomic E-state index is 5.43. The summed E-state index contributed by atoms with van der Waals surface area (Å²) in [6.45, 7) is 3.81. The van der Waals surface area contributed by atoms with Gasteiger partial charge in [-0.15, -0.1) is 0 Å². The number of aliphatic imine (C=N–C) groups is 1. The number of nitrogens with zero attached hydrogens (tertiary/aromatic N) is 6. The molecule has 0 bridgehead atoms. The number of aromatic nitrogens is 4. The van der Waals surface area contributed by atoms with Crippen molar-refractivity contribution in [2.24, 2.45) is 4.99 Å². The molecule has 1 aromatic carbocycles. The van der Waals surface area contributed by atoms with E-state index in [9.17, 15) is 0 Å². The third-order valence-electron chi connectivity index (χ3n) is 4.86. The van der Waals surface area contributed by atoms with Gasteiger partial charge in [-0.3, -0.25) is 15.0 Å². The number of hydrogen-bond donors (Lipinski definition) is 0. The Labute approximate surface area is 156 Å². The Morgan fingerprint density at radius 3 is 2.70 bits per heavy atom. The van der Waals surface area contributed by atoms with E-state index in [0.29, 0.717) is 6.54 Å². The molecule has 27 heavy (non-hydrogen) atoms. The first-order valence-electron chi connectivity index (χ1n) is 8.98. The summed E-state index contributed by atoms with van der Waals surface area (Å²) in [6.07, 6.45) is 6.77. The number of benzene rings is 1. The Kier molecular flexibility index (Phi) is 4.06. The second-order valence-corrected chi connectivity index (χ2v) is 6.49. The van der Waals surface area contributed by atoms with Gasteiger partial charge in [-0.05, 0) is 11.6 Å². The summed E-state index contributed by atoms with van der Waals surface area (Å²) < 4.78 is 5.43. The standard InChI is InChI=1S/C20H18N6O/c1-2-15-11-23-20(16(15)9-14(1)18-12-21-3-4-22-18)17-10-19(25-13-24-17)26-5-7-27-8-6-26/h1-4,9-10,12-13H,5-8,11H2. The number of anilines is 1. The second kappa shape index (κ2) is 6.85. The lowest BCUT2D eigenvalue weighted by Gasteiger charge is -2.27. The molecule has 0 spiro atoms. The number of hydrogen-bond acceptors (Lipinski definition) is 7. The zero-order valence-corrected chi connectivity index (χ0v) is 14.7. The van der Waals surface area contributed by atoms with Crippen LogP contribution in [-0.4, -0.2) is 52.0 Å².